The average molecular weight is 466 g/mol. The second-order valence-electron chi connectivity index (χ2n) is 8.08. The normalized spacial score (nSPS) is 12.1. The van der Waals surface area contributed by atoms with Gasteiger partial charge < -0.3 is 24.3 Å². The quantitative estimate of drug-likeness (QED) is 0.334. The third-order valence-corrected chi connectivity index (χ3v) is 5.26. The maximum absolute atomic E-state index is 14.0. The Balaban J connectivity index is 1.64. The second kappa shape index (κ2) is 11.1. The highest BCUT2D eigenvalue weighted by molar-refractivity contribution is 5.77. The van der Waals surface area contributed by atoms with E-state index in [0.29, 0.717) is 41.6 Å². The smallest absolute Gasteiger partial charge is 0.157 e. The fourth-order valence-corrected chi connectivity index (χ4v) is 3.63. The summed E-state index contributed by atoms with van der Waals surface area (Å²) < 4.78 is 31.2. The van der Waals surface area contributed by atoms with E-state index in [0.717, 1.165) is 23.1 Å². The summed E-state index contributed by atoms with van der Waals surface area (Å²) in [5.74, 6) is 1.41. The Kier molecular flexibility index (Phi) is 7.72. The largest absolute Gasteiger partial charge is 0.489 e. The lowest BCUT2D eigenvalue weighted by atomic mass is 10.1. The number of rotatable bonds is 11. The van der Waals surface area contributed by atoms with E-state index in [2.05, 4.69) is 9.97 Å². The first kappa shape index (κ1) is 23.7. The molecule has 0 amide bonds. The summed E-state index contributed by atoms with van der Waals surface area (Å²) >= 11 is 0. The van der Waals surface area contributed by atoms with Crippen LogP contribution in [0, 0.1) is 5.82 Å². The van der Waals surface area contributed by atoms with E-state index < -0.39 is 0 Å². The van der Waals surface area contributed by atoms with Crippen LogP contribution in [-0.4, -0.2) is 46.5 Å². The number of aliphatic hydroxyl groups is 1. The number of ether oxygens (including phenoxy) is 3. The van der Waals surface area contributed by atoms with E-state index in [1.54, 1.807) is 37.6 Å². The van der Waals surface area contributed by atoms with Crippen molar-refractivity contribution in [2.45, 2.75) is 32.5 Å². The number of hydrogen-bond donors (Lipinski definition) is 2. The van der Waals surface area contributed by atoms with Gasteiger partial charge in [-0.05, 0) is 49.6 Å². The van der Waals surface area contributed by atoms with Crippen molar-refractivity contribution < 1.29 is 23.7 Å². The van der Waals surface area contributed by atoms with Crippen LogP contribution >= 0.6 is 0 Å². The predicted molar refractivity (Wildman–Crippen MR) is 127 cm³/mol. The van der Waals surface area contributed by atoms with E-state index in [-0.39, 0.29) is 25.1 Å². The number of aliphatic hydroxyl groups excluding tert-OH is 1. The third-order valence-electron chi connectivity index (χ3n) is 5.26. The molecule has 2 N–H and O–H groups in total. The molecule has 8 heteroatoms. The number of nitrogens with one attached hydrogen (secondary N) is 1. The van der Waals surface area contributed by atoms with Crippen molar-refractivity contribution in [3.8, 4) is 22.9 Å². The summed E-state index contributed by atoms with van der Waals surface area (Å²) in [6.07, 6.45) is 3.02. The highest BCUT2D eigenvalue weighted by Gasteiger charge is 2.13. The van der Waals surface area contributed by atoms with Crippen LogP contribution in [0.3, 0.4) is 0 Å². The SMILES string of the molecule is COC[C@H](C)Oc1cc(OCc2ccccc2F)cc(-c2nc3cc(CCCO)cnc3[nH]2)c1. The van der Waals surface area contributed by atoms with Gasteiger partial charge in [-0.25, -0.2) is 14.4 Å². The van der Waals surface area contributed by atoms with Crippen LogP contribution in [0.25, 0.3) is 22.6 Å². The highest BCUT2D eigenvalue weighted by Crippen LogP contribution is 2.31. The van der Waals surface area contributed by atoms with Gasteiger partial charge in [0.15, 0.2) is 5.65 Å². The lowest BCUT2D eigenvalue weighted by molar-refractivity contribution is 0.0919. The maximum Gasteiger partial charge on any atom is 0.157 e. The number of methoxy groups -OCH3 is 1. The zero-order valence-corrected chi connectivity index (χ0v) is 19.3. The summed E-state index contributed by atoms with van der Waals surface area (Å²) in [5.41, 5.74) is 3.62. The molecule has 0 spiro atoms. The highest BCUT2D eigenvalue weighted by atomic mass is 19.1. The van der Waals surface area contributed by atoms with Gasteiger partial charge in [0.2, 0.25) is 0 Å². The van der Waals surface area contributed by atoms with E-state index in [1.807, 2.05) is 25.1 Å². The first-order valence-corrected chi connectivity index (χ1v) is 11.2. The summed E-state index contributed by atoms with van der Waals surface area (Å²) in [5, 5.41) is 9.08. The molecule has 34 heavy (non-hydrogen) atoms. The monoisotopic (exact) mass is 465 g/mol. The molecule has 4 aromatic rings. The van der Waals surface area contributed by atoms with Gasteiger partial charge in [0.05, 0.1) is 6.61 Å². The standard InChI is InChI=1S/C26H28FN3O4/c1-17(15-32-2)34-22-12-20(11-21(13-22)33-16-19-7-3-4-8-23(19)27)25-29-24-10-18(6-5-9-31)14-28-26(24)30-25/h3-4,7-8,10-14,17,31H,5-6,9,15-16H2,1-2H3,(H,28,29,30)/t17-/m0/s1. The number of halogens is 1. The summed E-state index contributed by atoms with van der Waals surface area (Å²) in [6, 6.07) is 14.0. The Morgan fingerprint density at radius 3 is 2.74 bits per heavy atom. The van der Waals surface area contributed by atoms with Crippen LogP contribution in [0.15, 0.2) is 54.7 Å². The van der Waals surface area contributed by atoms with Crippen LogP contribution in [-0.2, 0) is 17.8 Å². The van der Waals surface area contributed by atoms with Gasteiger partial charge in [-0.3, -0.25) is 0 Å². The number of benzene rings is 2. The molecule has 2 heterocycles. The predicted octanol–water partition coefficient (Wildman–Crippen LogP) is 4.68. The fraction of sp³-hybridized carbons (Fsp3) is 0.308. The van der Waals surface area contributed by atoms with Crippen molar-refractivity contribution in [1.29, 1.82) is 0 Å². The molecular formula is C26H28FN3O4. The lowest BCUT2D eigenvalue weighted by Crippen LogP contribution is -2.18. The number of hydrogen-bond acceptors (Lipinski definition) is 6. The Hall–Kier alpha value is -3.49. The van der Waals surface area contributed by atoms with Crippen molar-refractivity contribution in [3.63, 3.8) is 0 Å². The Bertz CT molecular complexity index is 1240. The minimum absolute atomic E-state index is 0.0824. The molecule has 0 bridgehead atoms. The van der Waals surface area contributed by atoms with Gasteiger partial charge in [-0.1, -0.05) is 18.2 Å². The summed E-state index contributed by atoms with van der Waals surface area (Å²) in [6.45, 7) is 2.56. The van der Waals surface area contributed by atoms with Crippen LogP contribution in [0.2, 0.25) is 0 Å². The van der Waals surface area contributed by atoms with Crippen molar-refractivity contribution in [3.05, 3.63) is 71.7 Å². The van der Waals surface area contributed by atoms with Gasteiger partial charge >= 0.3 is 0 Å². The number of aromatic nitrogens is 3. The molecule has 4 rings (SSSR count). The number of H-pyrrole nitrogens is 1. The first-order chi connectivity index (χ1) is 16.6. The van der Waals surface area contributed by atoms with Gasteiger partial charge in [0, 0.05) is 37.1 Å². The molecule has 0 saturated carbocycles. The number of pyridine rings is 1. The number of aryl methyl sites for hydroxylation is 1. The van der Waals surface area contributed by atoms with Gasteiger partial charge in [-0.15, -0.1) is 0 Å². The molecule has 7 nitrogen and oxygen atoms in total. The second-order valence-corrected chi connectivity index (χ2v) is 8.08. The zero-order valence-electron chi connectivity index (χ0n) is 19.3. The number of fused-ring (bicyclic) bond motifs is 1. The number of aromatic amines is 1. The minimum atomic E-state index is -0.316. The van der Waals surface area contributed by atoms with Crippen molar-refractivity contribution in [2.24, 2.45) is 0 Å². The fourth-order valence-electron chi connectivity index (χ4n) is 3.63. The Morgan fingerprint density at radius 1 is 1.12 bits per heavy atom. The molecule has 2 aromatic carbocycles. The number of imidazole rings is 1. The Labute approximate surface area is 197 Å². The summed E-state index contributed by atoms with van der Waals surface area (Å²) in [7, 11) is 1.62. The van der Waals surface area contributed by atoms with E-state index in [4.69, 9.17) is 24.3 Å². The topological polar surface area (TPSA) is 89.5 Å². The van der Waals surface area contributed by atoms with Gasteiger partial charge in [0.25, 0.3) is 0 Å². The number of nitrogens with zero attached hydrogens (tertiary/aromatic N) is 2. The molecular weight excluding hydrogens is 437 g/mol. The molecule has 178 valence electrons. The molecule has 0 saturated heterocycles. The van der Waals surface area contributed by atoms with E-state index in [1.165, 1.54) is 6.07 Å². The van der Waals surface area contributed by atoms with Gasteiger partial charge in [-0.2, -0.15) is 0 Å². The molecule has 2 aromatic heterocycles. The van der Waals surface area contributed by atoms with Crippen LogP contribution < -0.4 is 9.47 Å². The molecule has 0 fully saturated rings. The minimum Gasteiger partial charge on any atom is -0.489 e. The van der Waals surface area contributed by atoms with Crippen molar-refractivity contribution >= 4 is 11.2 Å². The van der Waals surface area contributed by atoms with E-state index in [9.17, 15) is 4.39 Å². The van der Waals surface area contributed by atoms with Crippen LogP contribution in [0.1, 0.15) is 24.5 Å². The summed E-state index contributed by atoms with van der Waals surface area (Å²) in [4.78, 5) is 12.4. The zero-order chi connectivity index (χ0) is 23.9. The maximum atomic E-state index is 14.0. The molecule has 0 aliphatic rings. The van der Waals surface area contributed by atoms with Gasteiger partial charge in [0.1, 0.15) is 41.4 Å². The average Bonchev–Trinajstić information content (AvgIpc) is 3.26. The van der Waals surface area contributed by atoms with Crippen LogP contribution in [0.5, 0.6) is 11.5 Å². The molecule has 0 aliphatic carbocycles. The van der Waals surface area contributed by atoms with Crippen LogP contribution in [0.4, 0.5) is 4.39 Å². The van der Waals surface area contributed by atoms with Crippen molar-refractivity contribution in [1.82, 2.24) is 15.0 Å². The van der Waals surface area contributed by atoms with E-state index >= 15 is 0 Å². The molecule has 0 radical (unpaired) electrons. The van der Waals surface area contributed by atoms with Crippen molar-refractivity contribution in [2.75, 3.05) is 20.3 Å². The molecule has 0 aliphatic heterocycles. The molecule has 1 atom stereocenters. The lowest BCUT2D eigenvalue weighted by Gasteiger charge is -2.16. The Morgan fingerprint density at radius 2 is 1.94 bits per heavy atom. The third kappa shape index (κ3) is 5.89. The molecule has 0 unspecified atom stereocenters. The first-order valence-electron chi connectivity index (χ1n) is 11.2.